The third-order valence-corrected chi connectivity index (χ3v) is 3.28. The summed E-state index contributed by atoms with van der Waals surface area (Å²) in [5, 5.41) is 0.861. The highest BCUT2D eigenvalue weighted by atomic mass is 79.9. The van der Waals surface area contributed by atoms with Gasteiger partial charge in [-0.1, -0.05) is 23.2 Å². The SMILES string of the molecule is COC(=O)Cc1cc(Cl)c(Cl)c(Br)c1. The van der Waals surface area contributed by atoms with Crippen molar-refractivity contribution in [3.05, 3.63) is 32.2 Å². The third kappa shape index (κ3) is 2.87. The van der Waals surface area contributed by atoms with Gasteiger partial charge in [0.15, 0.2) is 0 Å². The van der Waals surface area contributed by atoms with E-state index in [0.29, 0.717) is 14.5 Å². The highest BCUT2D eigenvalue weighted by Crippen LogP contribution is 2.31. The Hall–Kier alpha value is -0.250. The van der Waals surface area contributed by atoms with E-state index in [9.17, 15) is 4.79 Å². The Balaban J connectivity index is 2.95. The molecule has 0 amide bonds. The van der Waals surface area contributed by atoms with E-state index < -0.39 is 0 Å². The lowest BCUT2D eigenvalue weighted by atomic mass is 10.1. The standard InChI is InChI=1S/C9H7BrCl2O2/c1-14-8(13)4-5-2-6(10)9(12)7(11)3-5/h2-3H,4H2,1H3. The maximum absolute atomic E-state index is 11.0. The number of carbonyl (C=O) groups is 1. The second-order valence-corrected chi connectivity index (χ2v) is 4.27. The number of esters is 1. The summed E-state index contributed by atoms with van der Waals surface area (Å²) in [6, 6.07) is 3.39. The maximum atomic E-state index is 11.0. The van der Waals surface area contributed by atoms with Crippen LogP contribution in [0.5, 0.6) is 0 Å². The molecule has 0 aliphatic carbocycles. The molecule has 0 N–H and O–H groups in total. The minimum Gasteiger partial charge on any atom is -0.469 e. The Morgan fingerprint density at radius 2 is 2.14 bits per heavy atom. The monoisotopic (exact) mass is 296 g/mol. The zero-order chi connectivity index (χ0) is 10.7. The summed E-state index contributed by atoms with van der Waals surface area (Å²) in [5.74, 6) is -0.310. The highest BCUT2D eigenvalue weighted by molar-refractivity contribution is 9.10. The minimum atomic E-state index is -0.310. The second-order valence-electron chi connectivity index (χ2n) is 2.63. The summed E-state index contributed by atoms with van der Waals surface area (Å²) in [7, 11) is 1.34. The molecule has 0 unspecified atom stereocenters. The fraction of sp³-hybridized carbons (Fsp3) is 0.222. The Bertz CT molecular complexity index is 343. The molecular formula is C9H7BrCl2O2. The van der Waals surface area contributed by atoms with Crippen LogP contribution in [0.4, 0.5) is 0 Å². The van der Waals surface area contributed by atoms with E-state index in [2.05, 4.69) is 20.7 Å². The second kappa shape index (κ2) is 5.01. The molecule has 0 atom stereocenters. The summed E-state index contributed by atoms with van der Waals surface area (Å²) < 4.78 is 5.21. The molecule has 5 heteroatoms. The van der Waals surface area contributed by atoms with Gasteiger partial charge >= 0.3 is 5.97 Å². The average molecular weight is 298 g/mol. The first-order valence-electron chi connectivity index (χ1n) is 3.75. The molecule has 0 aliphatic heterocycles. The van der Waals surface area contributed by atoms with Crippen LogP contribution in [0.2, 0.25) is 10.0 Å². The van der Waals surface area contributed by atoms with Gasteiger partial charge in [0.1, 0.15) is 0 Å². The van der Waals surface area contributed by atoms with E-state index >= 15 is 0 Å². The largest absolute Gasteiger partial charge is 0.469 e. The van der Waals surface area contributed by atoms with Crippen LogP contribution >= 0.6 is 39.1 Å². The van der Waals surface area contributed by atoms with Crippen molar-refractivity contribution in [1.29, 1.82) is 0 Å². The number of hydrogen-bond donors (Lipinski definition) is 0. The normalized spacial score (nSPS) is 10.0. The lowest BCUT2D eigenvalue weighted by molar-refractivity contribution is -0.139. The van der Waals surface area contributed by atoms with Crippen LogP contribution in [0.3, 0.4) is 0 Å². The van der Waals surface area contributed by atoms with Crippen LogP contribution in [-0.4, -0.2) is 13.1 Å². The zero-order valence-corrected chi connectivity index (χ0v) is 10.4. The van der Waals surface area contributed by atoms with Gasteiger partial charge in [-0.15, -0.1) is 0 Å². The lowest BCUT2D eigenvalue weighted by Gasteiger charge is -2.04. The number of halogens is 3. The van der Waals surface area contributed by atoms with Gasteiger partial charge in [-0.2, -0.15) is 0 Å². The van der Waals surface area contributed by atoms with Crippen LogP contribution in [-0.2, 0) is 16.0 Å². The molecule has 0 heterocycles. The number of hydrogen-bond acceptors (Lipinski definition) is 2. The van der Waals surface area contributed by atoms with Crippen molar-refractivity contribution in [2.75, 3.05) is 7.11 Å². The molecule has 76 valence electrons. The molecule has 0 aromatic heterocycles. The van der Waals surface area contributed by atoms with Crippen molar-refractivity contribution in [2.24, 2.45) is 0 Å². The van der Waals surface area contributed by atoms with Crippen LogP contribution in [0.25, 0.3) is 0 Å². The van der Waals surface area contributed by atoms with Gasteiger partial charge in [-0.05, 0) is 33.6 Å². The molecule has 0 radical (unpaired) electrons. The summed E-state index contributed by atoms with van der Waals surface area (Å²) in [6.45, 7) is 0. The molecule has 1 aromatic carbocycles. The first-order valence-corrected chi connectivity index (χ1v) is 5.29. The van der Waals surface area contributed by atoms with Crippen molar-refractivity contribution in [1.82, 2.24) is 0 Å². The quantitative estimate of drug-likeness (QED) is 0.617. The molecule has 2 nitrogen and oxygen atoms in total. The Morgan fingerprint density at radius 1 is 1.50 bits per heavy atom. The summed E-state index contributed by atoms with van der Waals surface area (Å²) in [4.78, 5) is 11.0. The highest BCUT2D eigenvalue weighted by Gasteiger charge is 2.08. The van der Waals surface area contributed by atoms with Crippen molar-refractivity contribution >= 4 is 45.1 Å². The Morgan fingerprint density at radius 3 is 2.64 bits per heavy atom. The summed E-state index contributed by atoms with van der Waals surface area (Å²) in [5.41, 5.74) is 0.762. The van der Waals surface area contributed by atoms with E-state index in [1.165, 1.54) is 7.11 Å². The van der Waals surface area contributed by atoms with Crippen LogP contribution in [0.1, 0.15) is 5.56 Å². The average Bonchev–Trinajstić information content (AvgIpc) is 2.14. The smallest absolute Gasteiger partial charge is 0.309 e. The van der Waals surface area contributed by atoms with Crippen molar-refractivity contribution in [2.45, 2.75) is 6.42 Å². The molecule has 0 fully saturated rings. The van der Waals surface area contributed by atoms with Crippen molar-refractivity contribution in [3.63, 3.8) is 0 Å². The summed E-state index contributed by atoms with van der Waals surface area (Å²) >= 11 is 14.9. The van der Waals surface area contributed by atoms with Crippen molar-refractivity contribution in [3.8, 4) is 0 Å². The van der Waals surface area contributed by atoms with E-state index in [1.807, 2.05) is 0 Å². The number of carbonyl (C=O) groups excluding carboxylic acids is 1. The zero-order valence-electron chi connectivity index (χ0n) is 7.31. The van der Waals surface area contributed by atoms with E-state index in [4.69, 9.17) is 23.2 Å². The van der Waals surface area contributed by atoms with Gasteiger partial charge in [-0.25, -0.2) is 0 Å². The topological polar surface area (TPSA) is 26.3 Å². The number of rotatable bonds is 2. The summed E-state index contributed by atoms with van der Waals surface area (Å²) in [6.07, 6.45) is 0.186. The molecule has 0 bridgehead atoms. The van der Waals surface area contributed by atoms with Gasteiger partial charge in [-0.3, -0.25) is 4.79 Å². The van der Waals surface area contributed by atoms with Crippen molar-refractivity contribution < 1.29 is 9.53 Å². The fourth-order valence-electron chi connectivity index (χ4n) is 0.949. The predicted molar refractivity (Wildman–Crippen MR) is 59.9 cm³/mol. The number of benzene rings is 1. The fourth-order valence-corrected chi connectivity index (χ4v) is 1.92. The Kier molecular flexibility index (Phi) is 4.23. The minimum absolute atomic E-state index is 0.186. The van der Waals surface area contributed by atoms with Gasteiger partial charge in [0.2, 0.25) is 0 Å². The molecule has 14 heavy (non-hydrogen) atoms. The number of methoxy groups -OCH3 is 1. The van der Waals surface area contributed by atoms with Gasteiger partial charge in [0, 0.05) is 4.47 Å². The van der Waals surface area contributed by atoms with Gasteiger partial charge in [0.05, 0.1) is 23.6 Å². The molecular weight excluding hydrogens is 291 g/mol. The Labute approximate surface area is 100 Å². The lowest BCUT2D eigenvalue weighted by Crippen LogP contribution is -2.04. The number of ether oxygens (including phenoxy) is 1. The van der Waals surface area contributed by atoms with Gasteiger partial charge in [0.25, 0.3) is 0 Å². The third-order valence-electron chi connectivity index (χ3n) is 1.62. The van der Waals surface area contributed by atoms with E-state index in [-0.39, 0.29) is 12.4 Å². The maximum Gasteiger partial charge on any atom is 0.309 e. The van der Waals surface area contributed by atoms with Gasteiger partial charge < -0.3 is 4.74 Å². The first kappa shape index (κ1) is 11.8. The van der Waals surface area contributed by atoms with Crippen LogP contribution < -0.4 is 0 Å². The molecule has 0 aliphatic rings. The molecule has 1 aromatic rings. The molecule has 1 rings (SSSR count). The predicted octanol–water partition coefficient (Wildman–Crippen LogP) is 3.47. The van der Waals surface area contributed by atoms with Crippen LogP contribution in [0.15, 0.2) is 16.6 Å². The molecule has 0 spiro atoms. The first-order chi connectivity index (χ1) is 6.54. The van der Waals surface area contributed by atoms with Crippen LogP contribution in [0, 0.1) is 0 Å². The molecule has 0 saturated carbocycles. The molecule has 0 saturated heterocycles. The van der Waals surface area contributed by atoms with E-state index in [0.717, 1.165) is 5.56 Å². The van der Waals surface area contributed by atoms with E-state index in [1.54, 1.807) is 12.1 Å².